The summed E-state index contributed by atoms with van der Waals surface area (Å²) in [5.74, 6) is 0.0871. The van der Waals surface area contributed by atoms with Crippen LogP contribution in [0.25, 0.3) is 0 Å². The molecule has 1 aromatic heterocycles. The van der Waals surface area contributed by atoms with E-state index >= 15 is 0 Å². The van der Waals surface area contributed by atoms with Crippen molar-refractivity contribution in [3.8, 4) is 0 Å². The van der Waals surface area contributed by atoms with E-state index in [9.17, 15) is 12.8 Å². The number of hydrogen-bond donors (Lipinski definition) is 1. The molecule has 21 heavy (non-hydrogen) atoms. The third-order valence-corrected chi connectivity index (χ3v) is 5.11. The lowest BCUT2D eigenvalue weighted by molar-refractivity contribution is 0.557. The first kappa shape index (κ1) is 16.2. The second-order valence-electron chi connectivity index (χ2n) is 5.38. The highest BCUT2D eigenvalue weighted by Gasteiger charge is 2.28. The molecule has 1 aliphatic heterocycles. The molecular weight excluding hydrogens is 293 g/mol. The molecule has 1 N–H and O–H groups in total. The van der Waals surface area contributed by atoms with Crippen molar-refractivity contribution in [1.82, 2.24) is 9.71 Å². The SMILES string of the molecule is CCCCCS(=O)(=O)N[C@H]1CCN(c2ncccc2F)C1. The highest BCUT2D eigenvalue weighted by molar-refractivity contribution is 7.89. The lowest BCUT2D eigenvalue weighted by atomic mass is 10.3. The zero-order valence-corrected chi connectivity index (χ0v) is 13.1. The summed E-state index contributed by atoms with van der Waals surface area (Å²) in [7, 11) is -3.24. The van der Waals surface area contributed by atoms with Crippen LogP contribution in [0.3, 0.4) is 0 Å². The number of unbranched alkanes of at least 4 members (excludes halogenated alkanes) is 2. The van der Waals surface area contributed by atoms with Crippen molar-refractivity contribution in [3.05, 3.63) is 24.1 Å². The monoisotopic (exact) mass is 315 g/mol. The average Bonchev–Trinajstić information content (AvgIpc) is 2.87. The number of aromatic nitrogens is 1. The van der Waals surface area contributed by atoms with Gasteiger partial charge in [0.1, 0.15) is 0 Å². The van der Waals surface area contributed by atoms with Crippen molar-refractivity contribution in [2.75, 3.05) is 23.7 Å². The molecule has 1 atom stereocenters. The smallest absolute Gasteiger partial charge is 0.211 e. The second-order valence-corrected chi connectivity index (χ2v) is 7.26. The van der Waals surface area contributed by atoms with Crippen LogP contribution in [0, 0.1) is 5.82 Å². The predicted molar refractivity (Wildman–Crippen MR) is 81.3 cm³/mol. The maximum atomic E-state index is 13.7. The van der Waals surface area contributed by atoms with Gasteiger partial charge in [-0.25, -0.2) is 22.5 Å². The standard InChI is InChI=1S/C14H22FN3O2S/c1-2-3-4-10-21(19,20)17-12-7-9-18(11-12)14-13(15)6-5-8-16-14/h5-6,8,12,17H,2-4,7,9-11H2,1H3/t12-/m0/s1. The Morgan fingerprint density at radius 1 is 1.48 bits per heavy atom. The van der Waals surface area contributed by atoms with Crippen molar-refractivity contribution in [2.24, 2.45) is 0 Å². The lowest BCUT2D eigenvalue weighted by Gasteiger charge is -2.18. The lowest BCUT2D eigenvalue weighted by Crippen LogP contribution is -2.38. The summed E-state index contributed by atoms with van der Waals surface area (Å²) in [4.78, 5) is 5.81. The zero-order valence-electron chi connectivity index (χ0n) is 12.3. The number of nitrogens with one attached hydrogen (secondary N) is 1. The van der Waals surface area contributed by atoms with Crippen molar-refractivity contribution >= 4 is 15.8 Å². The summed E-state index contributed by atoms with van der Waals surface area (Å²) >= 11 is 0. The molecule has 0 aliphatic carbocycles. The van der Waals surface area contributed by atoms with Gasteiger partial charge in [-0.2, -0.15) is 0 Å². The molecule has 1 saturated heterocycles. The van der Waals surface area contributed by atoms with Crippen LogP contribution in [0.2, 0.25) is 0 Å². The number of rotatable bonds is 7. The quantitative estimate of drug-likeness (QED) is 0.781. The first-order valence-electron chi connectivity index (χ1n) is 7.37. The number of nitrogens with zero attached hydrogens (tertiary/aromatic N) is 2. The fourth-order valence-electron chi connectivity index (χ4n) is 2.51. The third-order valence-electron chi connectivity index (χ3n) is 3.59. The van der Waals surface area contributed by atoms with Gasteiger partial charge >= 0.3 is 0 Å². The Bertz CT molecular complexity index is 565. The summed E-state index contributed by atoms with van der Waals surface area (Å²) in [5.41, 5.74) is 0. The Morgan fingerprint density at radius 3 is 3.00 bits per heavy atom. The summed E-state index contributed by atoms with van der Waals surface area (Å²) in [6.45, 7) is 3.10. The van der Waals surface area contributed by atoms with Crippen LogP contribution in [-0.2, 0) is 10.0 Å². The molecule has 0 saturated carbocycles. The van der Waals surface area contributed by atoms with E-state index in [1.54, 1.807) is 17.2 Å². The van der Waals surface area contributed by atoms with Crippen LogP contribution in [0.15, 0.2) is 18.3 Å². The number of halogens is 1. The number of anilines is 1. The van der Waals surface area contributed by atoms with Crippen molar-refractivity contribution < 1.29 is 12.8 Å². The maximum Gasteiger partial charge on any atom is 0.211 e. The number of sulfonamides is 1. The van der Waals surface area contributed by atoms with Crippen LogP contribution in [0.1, 0.15) is 32.6 Å². The molecule has 5 nitrogen and oxygen atoms in total. The van der Waals surface area contributed by atoms with E-state index in [-0.39, 0.29) is 17.6 Å². The first-order valence-corrected chi connectivity index (χ1v) is 9.02. The second kappa shape index (κ2) is 7.17. The van der Waals surface area contributed by atoms with Gasteiger partial charge in [-0.05, 0) is 25.0 Å². The summed E-state index contributed by atoms with van der Waals surface area (Å²) < 4.78 is 40.3. The van der Waals surface area contributed by atoms with E-state index in [0.717, 1.165) is 12.8 Å². The Morgan fingerprint density at radius 2 is 2.29 bits per heavy atom. The highest BCUT2D eigenvalue weighted by Crippen LogP contribution is 2.21. The van der Waals surface area contributed by atoms with Gasteiger partial charge in [0, 0.05) is 25.3 Å². The van der Waals surface area contributed by atoms with Crippen molar-refractivity contribution in [2.45, 2.75) is 38.6 Å². The van der Waals surface area contributed by atoms with E-state index in [1.807, 2.05) is 6.92 Å². The molecule has 2 heterocycles. The van der Waals surface area contributed by atoms with Gasteiger partial charge in [0.05, 0.1) is 5.75 Å². The Hall–Kier alpha value is -1.21. The van der Waals surface area contributed by atoms with Crippen molar-refractivity contribution in [3.63, 3.8) is 0 Å². The molecule has 0 radical (unpaired) electrons. The van der Waals surface area contributed by atoms with Gasteiger partial charge in [-0.15, -0.1) is 0 Å². The Balaban J connectivity index is 1.89. The minimum atomic E-state index is -3.24. The molecule has 0 amide bonds. The topological polar surface area (TPSA) is 62.3 Å². The fourth-order valence-corrected chi connectivity index (χ4v) is 3.92. The molecule has 0 aromatic carbocycles. The molecule has 7 heteroatoms. The largest absolute Gasteiger partial charge is 0.353 e. The van der Waals surface area contributed by atoms with E-state index in [1.165, 1.54) is 6.07 Å². The van der Waals surface area contributed by atoms with Crippen LogP contribution >= 0.6 is 0 Å². The maximum absolute atomic E-state index is 13.7. The first-order chi connectivity index (χ1) is 10.0. The molecule has 1 aromatic rings. The zero-order chi connectivity index (χ0) is 15.3. The van der Waals surface area contributed by atoms with E-state index in [0.29, 0.717) is 31.7 Å². The molecular formula is C14H22FN3O2S. The summed E-state index contributed by atoms with van der Waals surface area (Å²) in [6, 6.07) is 2.74. The molecule has 0 bridgehead atoms. The number of hydrogen-bond acceptors (Lipinski definition) is 4. The Kier molecular flexibility index (Phi) is 5.52. The van der Waals surface area contributed by atoms with Crippen LogP contribution in [0.4, 0.5) is 10.2 Å². The van der Waals surface area contributed by atoms with Gasteiger partial charge < -0.3 is 4.90 Å². The van der Waals surface area contributed by atoms with Gasteiger partial charge in [-0.1, -0.05) is 19.8 Å². The summed E-state index contributed by atoms with van der Waals surface area (Å²) in [5, 5.41) is 0. The number of pyridine rings is 1. The van der Waals surface area contributed by atoms with Gasteiger partial charge in [0.15, 0.2) is 11.6 Å². The van der Waals surface area contributed by atoms with E-state index < -0.39 is 10.0 Å². The minimum Gasteiger partial charge on any atom is -0.353 e. The van der Waals surface area contributed by atoms with Crippen LogP contribution in [-0.4, -0.2) is 38.3 Å². The van der Waals surface area contributed by atoms with Gasteiger partial charge in [0.2, 0.25) is 10.0 Å². The summed E-state index contributed by atoms with van der Waals surface area (Å²) in [6.07, 6.45) is 4.79. The van der Waals surface area contributed by atoms with Crippen LogP contribution in [0.5, 0.6) is 0 Å². The molecule has 2 rings (SSSR count). The molecule has 0 spiro atoms. The predicted octanol–water partition coefficient (Wildman–Crippen LogP) is 1.91. The van der Waals surface area contributed by atoms with Crippen LogP contribution < -0.4 is 9.62 Å². The average molecular weight is 315 g/mol. The normalized spacial score (nSPS) is 19.1. The third kappa shape index (κ3) is 4.64. The molecule has 0 unspecified atom stereocenters. The van der Waals surface area contributed by atoms with E-state index in [2.05, 4.69) is 9.71 Å². The Labute approximate surface area is 125 Å². The minimum absolute atomic E-state index is 0.162. The highest BCUT2D eigenvalue weighted by atomic mass is 32.2. The molecule has 118 valence electrons. The fraction of sp³-hybridized carbons (Fsp3) is 0.643. The van der Waals surface area contributed by atoms with E-state index in [4.69, 9.17) is 0 Å². The van der Waals surface area contributed by atoms with Gasteiger partial charge in [-0.3, -0.25) is 0 Å². The molecule has 1 aliphatic rings. The van der Waals surface area contributed by atoms with Gasteiger partial charge in [0.25, 0.3) is 0 Å². The molecule has 1 fully saturated rings. The van der Waals surface area contributed by atoms with Crippen molar-refractivity contribution in [1.29, 1.82) is 0 Å².